The molecule has 0 aromatic heterocycles. The number of rotatable bonds is 0. The molecule has 2 aliphatic rings. The zero-order valence-electron chi connectivity index (χ0n) is 15.6. The van der Waals surface area contributed by atoms with E-state index in [0.717, 1.165) is 44.5 Å². The summed E-state index contributed by atoms with van der Waals surface area (Å²) in [7, 11) is 0. The van der Waals surface area contributed by atoms with Gasteiger partial charge in [0.2, 0.25) is 0 Å². The van der Waals surface area contributed by atoms with Gasteiger partial charge in [0.25, 0.3) is 0 Å². The fourth-order valence-electron chi connectivity index (χ4n) is 4.43. The first-order valence-corrected chi connectivity index (χ1v) is 9.20. The summed E-state index contributed by atoms with van der Waals surface area (Å²) in [6.45, 7) is 0. The van der Waals surface area contributed by atoms with Crippen molar-refractivity contribution < 1.29 is 0 Å². The van der Waals surface area contributed by atoms with Crippen LogP contribution in [0.3, 0.4) is 0 Å². The van der Waals surface area contributed by atoms with Crippen LogP contribution in [0.5, 0.6) is 0 Å². The van der Waals surface area contributed by atoms with Crippen LogP contribution in [0.25, 0.3) is 33.4 Å². The lowest BCUT2D eigenvalue weighted by atomic mass is 9.93. The number of allylic oxidation sites excluding steroid dienone is 2. The quantitative estimate of drug-likeness (QED) is 0.340. The van der Waals surface area contributed by atoms with Crippen LogP contribution in [0.2, 0.25) is 0 Å². The van der Waals surface area contributed by atoms with Gasteiger partial charge in [0.15, 0.2) is 0 Å². The molecule has 0 N–H and O–H groups in total. The molecule has 3 aromatic carbocycles. The van der Waals surface area contributed by atoms with Crippen LogP contribution in [0.1, 0.15) is 22.3 Å². The smallest absolute Gasteiger partial charge is 0.138 e. The molecule has 0 amide bonds. The van der Waals surface area contributed by atoms with E-state index in [4.69, 9.17) is 0 Å². The fourth-order valence-corrected chi connectivity index (χ4v) is 4.43. The van der Waals surface area contributed by atoms with Gasteiger partial charge in [-0.25, -0.2) is 0 Å². The van der Waals surface area contributed by atoms with Crippen molar-refractivity contribution in [1.82, 2.24) is 0 Å². The average Bonchev–Trinajstić information content (AvgIpc) is 3.28. The van der Waals surface area contributed by atoms with Crippen molar-refractivity contribution in [2.45, 2.75) is 0 Å². The van der Waals surface area contributed by atoms with Gasteiger partial charge in [-0.15, -0.1) is 0 Å². The second-order valence-electron chi connectivity index (χ2n) is 6.98. The van der Waals surface area contributed by atoms with Crippen LogP contribution in [-0.4, -0.2) is 0 Å². The number of hydrogen-bond donors (Lipinski definition) is 0. The summed E-state index contributed by atoms with van der Waals surface area (Å²) >= 11 is 0. The second kappa shape index (κ2) is 6.32. The number of nitriles is 4. The van der Waals surface area contributed by atoms with Crippen molar-refractivity contribution in [3.63, 3.8) is 0 Å². The molecule has 0 heterocycles. The van der Waals surface area contributed by atoms with E-state index in [9.17, 15) is 21.0 Å². The minimum atomic E-state index is 0.0444. The molecular formula is C26H10N4. The van der Waals surface area contributed by atoms with Crippen molar-refractivity contribution in [2.24, 2.45) is 0 Å². The van der Waals surface area contributed by atoms with E-state index in [1.165, 1.54) is 0 Å². The SMILES string of the molecule is N#CC(C#N)=C1c2ccccc2-c2cc3c(cc21)C(=C(C#N)C#N)c1ccccc1-3. The topological polar surface area (TPSA) is 95.2 Å². The standard InChI is InChI=1S/C26H10N4/c27-11-15(12-28)25-19-7-3-1-5-17(19)21-9-22-18-6-2-4-8-20(18)26(16(13-29)14-30)24(22)10-23(21)25/h1-10H. The summed E-state index contributed by atoms with van der Waals surface area (Å²) in [5, 5.41) is 38.3. The number of benzene rings is 3. The molecule has 0 unspecified atom stereocenters. The molecule has 5 rings (SSSR count). The summed E-state index contributed by atoms with van der Waals surface area (Å²) in [6.07, 6.45) is 0. The van der Waals surface area contributed by atoms with Gasteiger partial charge in [-0.2, -0.15) is 21.0 Å². The van der Waals surface area contributed by atoms with Crippen LogP contribution in [0, 0.1) is 45.3 Å². The van der Waals surface area contributed by atoms with E-state index in [-0.39, 0.29) is 11.1 Å². The van der Waals surface area contributed by atoms with Gasteiger partial charge in [-0.1, -0.05) is 48.5 Å². The minimum Gasteiger partial charge on any atom is -0.192 e. The number of fused-ring (bicyclic) bond motifs is 6. The zero-order chi connectivity index (χ0) is 20.8. The Morgan fingerprint density at radius 3 is 1.13 bits per heavy atom. The molecule has 2 aliphatic carbocycles. The first kappa shape index (κ1) is 17.2. The molecular weight excluding hydrogens is 368 g/mol. The molecule has 0 aliphatic heterocycles. The van der Waals surface area contributed by atoms with Crippen molar-refractivity contribution in [3.05, 3.63) is 94.1 Å². The third-order valence-electron chi connectivity index (χ3n) is 5.62. The summed E-state index contributed by atoms with van der Waals surface area (Å²) in [6, 6.07) is 27.4. The van der Waals surface area contributed by atoms with E-state index in [2.05, 4.69) is 0 Å². The van der Waals surface area contributed by atoms with Crippen molar-refractivity contribution in [2.75, 3.05) is 0 Å². The van der Waals surface area contributed by atoms with Crippen molar-refractivity contribution in [1.29, 1.82) is 21.0 Å². The first-order valence-electron chi connectivity index (χ1n) is 9.20. The molecule has 0 saturated carbocycles. The molecule has 0 saturated heterocycles. The maximum atomic E-state index is 9.56. The predicted octanol–water partition coefficient (Wildman–Crippen LogP) is 5.35. The largest absolute Gasteiger partial charge is 0.192 e. The van der Waals surface area contributed by atoms with E-state index in [1.807, 2.05) is 84.9 Å². The van der Waals surface area contributed by atoms with E-state index in [0.29, 0.717) is 11.1 Å². The summed E-state index contributed by atoms with van der Waals surface area (Å²) in [4.78, 5) is 0. The molecule has 0 atom stereocenters. The lowest BCUT2D eigenvalue weighted by Gasteiger charge is -2.08. The third kappa shape index (κ3) is 2.11. The lowest BCUT2D eigenvalue weighted by Crippen LogP contribution is -1.91. The van der Waals surface area contributed by atoms with E-state index in [1.54, 1.807) is 0 Å². The van der Waals surface area contributed by atoms with Gasteiger partial charge in [0.1, 0.15) is 35.4 Å². The molecule has 3 aromatic rings. The van der Waals surface area contributed by atoms with Crippen LogP contribution >= 0.6 is 0 Å². The molecule has 4 heteroatoms. The van der Waals surface area contributed by atoms with Gasteiger partial charge in [-0.3, -0.25) is 0 Å². The van der Waals surface area contributed by atoms with Gasteiger partial charge in [0, 0.05) is 11.1 Å². The van der Waals surface area contributed by atoms with Crippen LogP contribution < -0.4 is 0 Å². The highest BCUT2D eigenvalue weighted by Crippen LogP contribution is 2.53. The monoisotopic (exact) mass is 378 g/mol. The molecule has 4 nitrogen and oxygen atoms in total. The molecule has 134 valence electrons. The highest BCUT2D eigenvalue weighted by molar-refractivity contribution is 6.10. The van der Waals surface area contributed by atoms with Gasteiger partial charge in [-0.05, 0) is 56.6 Å². The second-order valence-corrected chi connectivity index (χ2v) is 6.98. The van der Waals surface area contributed by atoms with Crippen LogP contribution in [-0.2, 0) is 0 Å². The third-order valence-corrected chi connectivity index (χ3v) is 5.62. The van der Waals surface area contributed by atoms with Gasteiger partial charge in [0.05, 0.1) is 0 Å². The summed E-state index contributed by atoms with van der Waals surface area (Å²) in [5.41, 5.74) is 8.31. The Bertz CT molecular complexity index is 1380. The van der Waals surface area contributed by atoms with Gasteiger partial charge < -0.3 is 0 Å². The van der Waals surface area contributed by atoms with Crippen molar-refractivity contribution in [3.8, 4) is 46.5 Å². The Morgan fingerprint density at radius 2 is 0.767 bits per heavy atom. The molecule has 0 spiro atoms. The Hall–Kier alpha value is -4.90. The van der Waals surface area contributed by atoms with E-state index >= 15 is 0 Å². The first-order chi connectivity index (χ1) is 14.7. The lowest BCUT2D eigenvalue weighted by molar-refractivity contribution is 1.45. The maximum Gasteiger partial charge on any atom is 0.138 e. The Kier molecular flexibility index (Phi) is 3.63. The Morgan fingerprint density at radius 1 is 0.433 bits per heavy atom. The molecule has 0 bridgehead atoms. The summed E-state index contributed by atoms with van der Waals surface area (Å²) in [5.74, 6) is 0. The molecule has 0 radical (unpaired) electrons. The maximum absolute atomic E-state index is 9.56. The highest BCUT2D eigenvalue weighted by atomic mass is 14.4. The van der Waals surface area contributed by atoms with Crippen molar-refractivity contribution >= 4 is 11.1 Å². The summed E-state index contributed by atoms with van der Waals surface area (Å²) < 4.78 is 0. The van der Waals surface area contributed by atoms with Crippen LogP contribution in [0.15, 0.2) is 71.8 Å². The highest BCUT2D eigenvalue weighted by Gasteiger charge is 2.32. The zero-order valence-corrected chi connectivity index (χ0v) is 15.6. The normalized spacial score (nSPS) is 11.7. The van der Waals surface area contributed by atoms with E-state index < -0.39 is 0 Å². The van der Waals surface area contributed by atoms with Crippen LogP contribution in [0.4, 0.5) is 0 Å². The number of hydrogen-bond acceptors (Lipinski definition) is 4. The average molecular weight is 378 g/mol. The number of nitrogens with zero attached hydrogens (tertiary/aromatic N) is 4. The molecule has 30 heavy (non-hydrogen) atoms. The molecule has 0 fully saturated rings. The predicted molar refractivity (Wildman–Crippen MR) is 112 cm³/mol. The fraction of sp³-hybridized carbons (Fsp3) is 0. The Labute approximate surface area is 173 Å². The van der Waals surface area contributed by atoms with Gasteiger partial charge >= 0.3 is 0 Å². The Balaban J connectivity index is 1.95. The minimum absolute atomic E-state index is 0.0444.